The summed E-state index contributed by atoms with van der Waals surface area (Å²) in [5.74, 6) is 0.294. The van der Waals surface area contributed by atoms with Crippen LogP contribution in [0.2, 0.25) is 0 Å². The van der Waals surface area contributed by atoms with Gasteiger partial charge in [0.2, 0.25) is 15.9 Å². The topological polar surface area (TPSA) is 75.7 Å². The lowest BCUT2D eigenvalue weighted by atomic mass is 10.2. The monoisotopic (exact) mass is 342 g/mol. The molecule has 0 aromatic heterocycles. The molecule has 1 aromatic carbocycles. The van der Waals surface area contributed by atoms with E-state index in [1.807, 2.05) is 13.8 Å². The van der Waals surface area contributed by atoms with Gasteiger partial charge in [0.05, 0.1) is 18.6 Å². The number of nitrogens with one attached hydrogen (secondary N) is 1. The molecule has 0 spiro atoms. The highest BCUT2D eigenvalue weighted by molar-refractivity contribution is 7.89. The average molecular weight is 342 g/mol. The molecule has 1 N–H and O–H groups in total. The number of ether oxygens (including phenoxy) is 1. The number of carbonyl (C=O) groups is 1. The summed E-state index contributed by atoms with van der Waals surface area (Å²) in [5.41, 5.74) is 0. The van der Waals surface area contributed by atoms with Gasteiger partial charge in [0.1, 0.15) is 5.75 Å². The summed E-state index contributed by atoms with van der Waals surface area (Å²) in [7, 11) is -2.18. The maximum Gasteiger partial charge on any atom is 0.243 e. The zero-order valence-corrected chi connectivity index (χ0v) is 15.0. The fourth-order valence-corrected chi connectivity index (χ4v) is 3.65. The normalized spacial score (nSPS) is 12.9. The van der Waals surface area contributed by atoms with Crippen LogP contribution < -0.4 is 10.1 Å². The minimum atomic E-state index is -3.70. The van der Waals surface area contributed by atoms with Crippen molar-refractivity contribution in [3.63, 3.8) is 0 Å². The van der Waals surface area contributed by atoms with Crippen molar-refractivity contribution in [2.24, 2.45) is 0 Å². The first-order chi connectivity index (χ1) is 10.8. The molecule has 0 bridgehead atoms. The third-order valence-corrected chi connectivity index (χ3v) is 5.43. The van der Waals surface area contributed by atoms with Crippen molar-refractivity contribution in [2.45, 2.75) is 44.6 Å². The van der Waals surface area contributed by atoms with E-state index in [-0.39, 0.29) is 29.9 Å². The van der Waals surface area contributed by atoms with Crippen molar-refractivity contribution in [1.82, 2.24) is 9.62 Å². The Labute approximate surface area is 138 Å². The van der Waals surface area contributed by atoms with Gasteiger partial charge in [-0.15, -0.1) is 0 Å². The fraction of sp³-hybridized carbons (Fsp3) is 0.562. The number of nitrogens with zero attached hydrogens (tertiary/aromatic N) is 1. The quantitative estimate of drug-likeness (QED) is 0.745. The first-order valence-electron chi connectivity index (χ1n) is 7.78. The van der Waals surface area contributed by atoms with E-state index in [2.05, 4.69) is 5.32 Å². The molecule has 0 unspecified atom stereocenters. The maximum absolute atomic E-state index is 12.6. The van der Waals surface area contributed by atoms with E-state index >= 15 is 0 Å². The minimum Gasteiger partial charge on any atom is -0.497 e. The van der Waals surface area contributed by atoms with Crippen molar-refractivity contribution in [1.29, 1.82) is 0 Å². The van der Waals surface area contributed by atoms with E-state index in [0.717, 1.165) is 12.8 Å². The van der Waals surface area contributed by atoms with Crippen LogP contribution in [0.4, 0.5) is 0 Å². The van der Waals surface area contributed by atoms with Crippen LogP contribution in [0.25, 0.3) is 0 Å². The third kappa shape index (κ3) is 5.51. The fourth-order valence-electron chi connectivity index (χ4n) is 2.25. The number of likely N-dealkylation sites (N-methyl/N-ethyl adjacent to an activating group) is 1. The number of benzene rings is 1. The van der Waals surface area contributed by atoms with Crippen LogP contribution in [0.5, 0.6) is 5.75 Å². The number of carbonyl (C=O) groups excluding carboxylic acids is 1. The standard InChI is InChI=1S/C16H26N2O4S/c1-5-7-13(3)17-16(19)12-18(6-2)23(20,21)15-10-8-14(22-4)9-11-15/h8-11,13H,5-7,12H2,1-4H3,(H,17,19)/t13-/m1/s1. The minimum absolute atomic E-state index is 0.0369. The van der Waals surface area contributed by atoms with Gasteiger partial charge in [-0.05, 0) is 37.6 Å². The zero-order valence-electron chi connectivity index (χ0n) is 14.2. The Kier molecular flexibility index (Phi) is 7.51. The molecule has 130 valence electrons. The summed E-state index contributed by atoms with van der Waals surface area (Å²) in [4.78, 5) is 12.2. The number of hydrogen-bond acceptors (Lipinski definition) is 4. The van der Waals surface area contributed by atoms with Gasteiger partial charge in [0.15, 0.2) is 0 Å². The Morgan fingerprint density at radius 3 is 2.35 bits per heavy atom. The summed E-state index contributed by atoms with van der Waals surface area (Å²) in [5, 5.41) is 2.82. The van der Waals surface area contributed by atoms with Crippen molar-refractivity contribution < 1.29 is 17.9 Å². The van der Waals surface area contributed by atoms with Gasteiger partial charge >= 0.3 is 0 Å². The summed E-state index contributed by atoms with van der Waals surface area (Å²) in [6, 6.07) is 6.17. The Morgan fingerprint density at radius 2 is 1.87 bits per heavy atom. The Balaban J connectivity index is 2.83. The Bertz CT molecular complexity index is 599. The van der Waals surface area contributed by atoms with E-state index in [1.165, 1.54) is 23.5 Å². The van der Waals surface area contributed by atoms with Crippen molar-refractivity contribution in [2.75, 3.05) is 20.2 Å². The second-order valence-electron chi connectivity index (χ2n) is 5.36. The van der Waals surface area contributed by atoms with E-state index in [1.54, 1.807) is 19.1 Å². The number of hydrogen-bond donors (Lipinski definition) is 1. The Hall–Kier alpha value is -1.60. The van der Waals surface area contributed by atoms with Crippen molar-refractivity contribution in [3.05, 3.63) is 24.3 Å². The maximum atomic E-state index is 12.6. The lowest BCUT2D eigenvalue weighted by Gasteiger charge is -2.21. The smallest absolute Gasteiger partial charge is 0.243 e. The Morgan fingerprint density at radius 1 is 1.26 bits per heavy atom. The molecule has 1 rings (SSSR count). The van der Waals surface area contributed by atoms with Crippen LogP contribution in [-0.4, -0.2) is 44.9 Å². The van der Waals surface area contributed by atoms with E-state index < -0.39 is 10.0 Å². The molecule has 0 aliphatic carbocycles. The molecule has 1 atom stereocenters. The second-order valence-corrected chi connectivity index (χ2v) is 7.30. The number of methoxy groups -OCH3 is 1. The SMILES string of the molecule is CCC[C@@H](C)NC(=O)CN(CC)S(=O)(=O)c1ccc(OC)cc1. The van der Waals surface area contributed by atoms with Crippen molar-refractivity contribution in [3.8, 4) is 5.75 Å². The summed E-state index contributed by atoms with van der Waals surface area (Å²) in [6.07, 6.45) is 1.83. The van der Waals surface area contributed by atoms with E-state index in [9.17, 15) is 13.2 Å². The van der Waals surface area contributed by atoms with E-state index in [4.69, 9.17) is 4.74 Å². The van der Waals surface area contributed by atoms with Gasteiger partial charge < -0.3 is 10.1 Å². The lowest BCUT2D eigenvalue weighted by Crippen LogP contribution is -2.43. The molecule has 0 aliphatic heterocycles. The van der Waals surface area contributed by atoms with Gasteiger partial charge in [-0.2, -0.15) is 4.31 Å². The molecular weight excluding hydrogens is 316 g/mol. The molecule has 0 saturated heterocycles. The highest BCUT2D eigenvalue weighted by Gasteiger charge is 2.25. The molecule has 7 heteroatoms. The van der Waals surface area contributed by atoms with Crippen molar-refractivity contribution >= 4 is 15.9 Å². The van der Waals surface area contributed by atoms with Crippen LogP contribution in [0.15, 0.2) is 29.2 Å². The van der Waals surface area contributed by atoms with Crippen LogP contribution in [0.1, 0.15) is 33.6 Å². The second kappa shape index (κ2) is 8.88. The molecule has 1 aromatic rings. The van der Waals surface area contributed by atoms with Gasteiger partial charge in [0.25, 0.3) is 0 Å². The van der Waals surface area contributed by atoms with Crippen LogP contribution in [-0.2, 0) is 14.8 Å². The number of rotatable bonds is 9. The van der Waals surface area contributed by atoms with Crippen LogP contribution in [0, 0.1) is 0 Å². The third-order valence-electron chi connectivity index (χ3n) is 3.50. The average Bonchev–Trinajstić information content (AvgIpc) is 2.52. The molecule has 1 amide bonds. The van der Waals surface area contributed by atoms with Gasteiger partial charge in [-0.3, -0.25) is 4.79 Å². The highest BCUT2D eigenvalue weighted by atomic mass is 32.2. The molecule has 0 radical (unpaired) electrons. The summed E-state index contributed by atoms with van der Waals surface area (Å²) in [6.45, 7) is 5.71. The zero-order chi connectivity index (χ0) is 17.5. The number of sulfonamides is 1. The molecule has 0 fully saturated rings. The molecule has 0 saturated carbocycles. The lowest BCUT2D eigenvalue weighted by molar-refractivity contribution is -0.121. The first-order valence-corrected chi connectivity index (χ1v) is 9.22. The summed E-state index contributed by atoms with van der Waals surface area (Å²) >= 11 is 0. The molecule has 6 nitrogen and oxygen atoms in total. The summed E-state index contributed by atoms with van der Waals surface area (Å²) < 4.78 is 31.4. The number of amides is 1. The van der Waals surface area contributed by atoms with Crippen LogP contribution in [0.3, 0.4) is 0 Å². The molecule has 23 heavy (non-hydrogen) atoms. The first kappa shape index (κ1) is 19.4. The predicted octanol–water partition coefficient (Wildman–Crippen LogP) is 2.01. The van der Waals surface area contributed by atoms with Gasteiger partial charge in [0, 0.05) is 12.6 Å². The van der Waals surface area contributed by atoms with Gasteiger partial charge in [-0.25, -0.2) is 8.42 Å². The molecule has 0 aliphatic rings. The molecule has 0 heterocycles. The largest absolute Gasteiger partial charge is 0.497 e. The highest BCUT2D eigenvalue weighted by Crippen LogP contribution is 2.19. The van der Waals surface area contributed by atoms with Crippen LogP contribution >= 0.6 is 0 Å². The molecular formula is C16H26N2O4S. The van der Waals surface area contributed by atoms with E-state index in [0.29, 0.717) is 5.75 Å². The predicted molar refractivity (Wildman–Crippen MR) is 89.9 cm³/mol. The van der Waals surface area contributed by atoms with Gasteiger partial charge in [-0.1, -0.05) is 20.3 Å².